The number of rotatable bonds is 1. The van der Waals surface area contributed by atoms with Gasteiger partial charge in [-0.1, -0.05) is 12.1 Å². The second kappa shape index (κ2) is 7.65. The zero-order chi connectivity index (χ0) is 17.8. The second-order valence-corrected chi connectivity index (χ2v) is 6.46. The van der Waals surface area contributed by atoms with Crippen molar-refractivity contribution in [3.63, 3.8) is 0 Å². The first kappa shape index (κ1) is 17.4. The Kier molecular flexibility index (Phi) is 5.33. The minimum atomic E-state index is -0.585. The van der Waals surface area contributed by atoms with Gasteiger partial charge in [-0.15, -0.1) is 11.8 Å². The highest BCUT2D eigenvalue weighted by atomic mass is 32.2. The normalized spacial score (nSPS) is 15.0. The summed E-state index contributed by atoms with van der Waals surface area (Å²) in [7, 11) is 0. The number of nitrogens with zero attached hydrogens (tertiary/aromatic N) is 2. The Balaban J connectivity index is 2.14. The molecule has 1 aliphatic rings. The van der Waals surface area contributed by atoms with E-state index in [1.807, 2.05) is 0 Å². The molecule has 0 unspecified atom stereocenters. The average molecular weight is 362 g/mol. The van der Waals surface area contributed by atoms with Gasteiger partial charge < -0.3 is 4.74 Å². The van der Waals surface area contributed by atoms with Crippen LogP contribution in [0.25, 0.3) is 0 Å². The third-order valence-electron chi connectivity index (χ3n) is 3.53. The Morgan fingerprint density at radius 2 is 2.04 bits per heavy atom. The number of carbonyl (C=O) groups excluding carboxylic acids is 1. The van der Waals surface area contributed by atoms with E-state index < -0.39 is 11.6 Å². The van der Waals surface area contributed by atoms with Gasteiger partial charge in [-0.3, -0.25) is 4.79 Å². The van der Waals surface area contributed by atoms with Gasteiger partial charge in [0, 0.05) is 18.2 Å². The number of amides is 1. The maximum absolute atomic E-state index is 14.2. The lowest BCUT2D eigenvalue weighted by molar-refractivity contribution is -0.116. The molecule has 0 N–H and O–H groups in total. The molecule has 2 aromatic carbocycles. The number of benzene rings is 2. The average Bonchev–Trinajstić information content (AvgIpc) is 2.60. The largest absolute Gasteiger partial charge is 0.491 e. The van der Waals surface area contributed by atoms with Crippen LogP contribution in [0.15, 0.2) is 47.6 Å². The molecule has 0 aliphatic carbocycles. The van der Waals surface area contributed by atoms with Gasteiger partial charge in [0.25, 0.3) is 0 Å². The van der Waals surface area contributed by atoms with Crippen LogP contribution in [0.2, 0.25) is 0 Å². The molecule has 130 valence electrons. The zero-order valence-corrected chi connectivity index (χ0v) is 14.4. The molecule has 0 bridgehead atoms. The van der Waals surface area contributed by atoms with Gasteiger partial charge in [-0.05, 0) is 36.8 Å². The molecule has 1 amide bonds. The van der Waals surface area contributed by atoms with Gasteiger partial charge in [0.05, 0.1) is 6.61 Å². The van der Waals surface area contributed by atoms with E-state index in [1.165, 1.54) is 18.7 Å². The maximum atomic E-state index is 14.2. The van der Waals surface area contributed by atoms with Crippen molar-refractivity contribution >= 4 is 28.4 Å². The Morgan fingerprint density at radius 1 is 1.24 bits per heavy atom. The van der Waals surface area contributed by atoms with Crippen LogP contribution in [-0.4, -0.2) is 23.3 Å². The first-order chi connectivity index (χ1) is 12.1. The van der Waals surface area contributed by atoms with Crippen LogP contribution in [-0.2, 0) is 4.79 Å². The summed E-state index contributed by atoms with van der Waals surface area (Å²) in [6, 6.07) is 10.2. The number of para-hydroxylation sites is 2. The molecule has 0 radical (unpaired) electrons. The second-order valence-electron chi connectivity index (χ2n) is 5.38. The molecule has 0 saturated carbocycles. The van der Waals surface area contributed by atoms with Crippen molar-refractivity contribution in [1.82, 2.24) is 0 Å². The SMILES string of the molecule is CC(=O)N1N=C(c2cc(F)ccc2F)SCCCOc2ccccc21. The van der Waals surface area contributed by atoms with E-state index in [0.717, 1.165) is 23.2 Å². The van der Waals surface area contributed by atoms with E-state index in [0.29, 0.717) is 30.2 Å². The summed E-state index contributed by atoms with van der Waals surface area (Å²) in [6.07, 6.45) is 0.703. The summed E-state index contributed by atoms with van der Waals surface area (Å²) >= 11 is 1.26. The number of ether oxygens (including phenoxy) is 1. The third kappa shape index (κ3) is 3.99. The van der Waals surface area contributed by atoms with E-state index in [9.17, 15) is 13.6 Å². The Labute approximate surface area is 148 Å². The van der Waals surface area contributed by atoms with Crippen LogP contribution < -0.4 is 9.75 Å². The number of hydrazone groups is 1. The van der Waals surface area contributed by atoms with Crippen molar-refractivity contribution in [3.8, 4) is 5.75 Å². The lowest BCUT2D eigenvalue weighted by Gasteiger charge is -2.22. The molecular weight excluding hydrogens is 346 g/mol. The summed E-state index contributed by atoms with van der Waals surface area (Å²) in [5.74, 6) is -0.380. The standard InChI is InChI=1S/C18H16F2N2O2S/c1-12(23)22-16-5-2-3-6-17(16)24-9-4-10-25-18(21-22)14-11-13(19)7-8-15(14)20/h2-3,5-8,11H,4,9-10H2,1H3. The van der Waals surface area contributed by atoms with E-state index in [1.54, 1.807) is 24.3 Å². The van der Waals surface area contributed by atoms with Crippen molar-refractivity contribution in [2.24, 2.45) is 5.10 Å². The first-order valence-electron chi connectivity index (χ1n) is 7.75. The molecule has 3 rings (SSSR count). The van der Waals surface area contributed by atoms with Crippen LogP contribution in [0.3, 0.4) is 0 Å². The number of hydrogen-bond acceptors (Lipinski definition) is 4. The smallest absolute Gasteiger partial charge is 0.244 e. The van der Waals surface area contributed by atoms with Crippen molar-refractivity contribution in [2.45, 2.75) is 13.3 Å². The summed E-state index contributed by atoms with van der Waals surface area (Å²) < 4.78 is 33.5. The summed E-state index contributed by atoms with van der Waals surface area (Å²) in [5, 5.41) is 5.74. The number of thioether (sulfide) groups is 1. The van der Waals surface area contributed by atoms with Crippen LogP contribution in [0.1, 0.15) is 18.9 Å². The van der Waals surface area contributed by atoms with Crippen LogP contribution in [0.5, 0.6) is 5.75 Å². The molecule has 0 aromatic heterocycles. The molecule has 1 heterocycles. The highest BCUT2D eigenvalue weighted by Gasteiger charge is 2.20. The Bertz CT molecular complexity index is 826. The van der Waals surface area contributed by atoms with Gasteiger partial charge in [0.1, 0.15) is 28.1 Å². The van der Waals surface area contributed by atoms with Crippen molar-refractivity contribution in [3.05, 3.63) is 59.7 Å². The quantitative estimate of drug-likeness (QED) is 0.764. The van der Waals surface area contributed by atoms with Crippen LogP contribution in [0.4, 0.5) is 14.5 Å². The molecular formula is C18H16F2N2O2S. The molecule has 2 aromatic rings. The Hall–Kier alpha value is -2.41. The van der Waals surface area contributed by atoms with E-state index in [-0.39, 0.29) is 16.5 Å². The Morgan fingerprint density at radius 3 is 2.84 bits per heavy atom. The van der Waals surface area contributed by atoms with Crippen molar-refractivity contribution < 1.29 is 18.3 Å². The maximum Gasteiger partial charge on any atom is 0.244 e. The minimum absolute atomic E-state index is 0.0372. The van der Waals surface area contributed by atoms with Gasteiger partial charge in [-0.25, -0.2) is 8.78 Å². The highest BCUT2D eigenvalue weighted by molar-refractivity contribution is 8.14. The van der Waals surface area contributed by atoms with E-state index in [4.69, 9.17) is 4.74 Å². The molecule has 25 heavy (non-hydrogen) atoms. The van der Waals surface area contributed by atoms with Gasteiger partial charge in [0.15, 0.2) is 0 Å². The molecule has 1 aliphatic heterocycles. The minimum Gasteiger partial charge on any atom is -0.491 e. The first-order valence-corrected chi connectivity index (χ1v) is 8.74. The topological polar surface area (TPSA) is 41.9 Å². The van der Waals surface area contributed by atoms with Crippen molar-refractivity contribution in [2.75, 3.05) is 17.4 Å². The number of hydrogen-bond donors (Lipinski definition) is 0. The number of halogens is 2. The molecule has 7 heteroatoms. The molecule has 0 saturated heterocycles. The predicted molar refractivity (Wildman–Crippen MR) is 95.1 cm³/mol. The molecule has 0 fully saturated rings. The van der Waals surface area contributed by atoms with Gasteiger partial charge >= 0.3 is 0 Å². The van der Waals surface area contributed by atoms with Gasteiger partial charge in [0.2, 0.25) is 5.91 Å². The summed E-state index contributed by atoms with van der Waals surface area (Å²) in [6.45, 7) is 1.81. The number of fused-ring (bicyclic) bond motifs is 1. The van der Waals surface area contributed by atoms with Crippen molar-refractivity contribution in [1.29, 1.82) is 0 Å². The predicted octanol–water partition coefficient (Wildman–Crippen LogP) is 4.20. The fourth-order valence-electron chi connectivity index (χ4n) is 2.37. The monoisotopic (exact) mass is 362 g/mol. The zero-order valence-electron chi connectivity index (χ0n) is 13.5. The summed E-state index contributed by atoms with van der Waals surface area (Å²) in [4.78, 5) is 12.1. The van der Waals surface area contributed by atoms with Crippen LogP contribution >= 0.6 is 11.8 Å². The summed E-state index contributed by atoms with van der Waals surface area (Å²) in [5.41, 5.74) is 0.502. The number of carbonyl (C=O) groups is 1. The number of anilines is 1. The van der Waals surface area contributed by atoms with E-state index >= 15 is 0 Å². The van der Waals surface area contributed by atoms with Crippen LogP contribution in [0, 0.1) is 11.6 Å². The van der Waals surface area contributed by atoms with Gasteiger partial charge in [-0.2, -0.15) is 10.1 Å². The lowest BCUT2D eigenvalue weighted by Crippen LogP contribution is -2.25. The lowest BCUT2D eigenvalue weighted by atomic mass is 10.2. The molecule has 0 spiro atoms. The third-order valence-corrected chi connectivity index (χ3v) is 4.59. The molecule has 4 nitrogen and oxygen atoms in total. The fraction of sp³-hybridized carbons (Fsp3) is 0.222. The molecule has 0 atom stereocenters. The van der Waals surface area contributed by atoms with E-state index in [2.05, 4.69) is 5.10 Å². The highest BCUT2D eigenvalue weighted by Crippen LogP contribution is 2.31. The fourth-order valence-corrected chi connectivity index (χ4v) is 3.28.